The minimum absolute atomic E-state index is 0.0281. The van der Waals surface area contributed by atoms with Gasteiger partial charge in [-0.15, -0.1) is 13.2 Å². The lowest BCUT2D eigenvalue weighted by molar-refractivity contribution is 0.557. The Balaban J connectivity index is 0. The van der Waals surface area contributed by atoms with E-state index in [1.54, 1.807) is 6.92 Å². The van der Waals surface area contributed by atoms with Crippen molar-refractivity contribution in [2.24, 2.45) is 5.92 Å². The molecule has 0 saturated heterocycles. The highest BCUT2D eigenvalue weighted by Crippen LogP contribution is 2.31. The summed E-state index contributed by atoms with van der Waals surface area (Å²) >= 11 is 0. The molecule has 1 unspecified atom stereocenters. The molecular formula is C29H36F4. The number of rotatable bonds is 12. The molecule has 0 bridgehead atoms. The third-order valence-corrected chi connectivity index (χ3v) is 4.82. The lowest BCUT2D eigenvalue weighted by atomic mass is 9.98. The molecule has 0 fully saturated rings. The second-order valence-electron chi connectivity index (χ2n) is 7.49. The van der Waals surface area contributed by atoms with Crippen molar-refractivity contribution in [3.63, 3.8) is 0 Å². The summed E-state index contributed by atoms with van der Waals surface area (Å²) in [5.41, 5.74) is -0.168. The number of halogens is 4. The molecule has 180 valence electrons. The van der Waals surface area contributed by atoms with Gasteiger partial charge in [0.05, 0.1) is 0 Å². The van der Waals surface area contributed by atoms with Gasteiger partial charge in [-0.25, -0.2) is 17.6 Å². The topological polar surface area (TPSA) is 0 Å². The molecule has 0 amide bonds. The van der Waals surface area contributed by atoms with Gasteiger partial charge in [0.1, 0.15) is 0 Å². The molecule has 0 radical (unpaired) electrons. The molecule has 0 aliphatic heterocycles. The van der Waals surface area contributed by atoms with Crippen LogP contribution in [0.4, 0.5) is 17.6 Å². The van der Waals surface area contributed by atoms with Gasteiger partial charge in [-0.2, -0.15) is 0 Å². The number of hydrogen-bond acceptors (Lipinski definition) is 0. The predicted molar refractivity (Wildman–Crippen MR) is 137 cm³/mol. The molecule has 0 aromatic rings. The maximum absolute atomic E-state index is 14.6. The molecular weight excluding hydrogens is 424 g/mol. The summed E-state index contributed by atoms with van der Waals surface area (Å²) in [6.45, 7) is 34.2. The molecule has 0 N–H and O–H groups in total. The standard InChI is InChI=1S/C27H32F4.C2H4/c1-11-17(4)12-13-18(5)22(9)26(30)27(31)23(10)20(7)15-14-19(6)21(8)25(29)24(28)16(2)3;1-2/h13-15,17H,2,6-12H2,1,3-5H3;1-2H2/b15-14-,18-13+,25-24-,27-26-;. The first-order valence-corrected chi connectivity index (χ1v) is 10.3. The van der Waals surface area contributed by atoms with E-state index in [1.807, 2.05) is 6.08 Å². The molecule has 0 nitrogen and oxygen atoms in total. The van der Waals surface area contributed by atoms with Gasteiger partial charge in [0, 0.05) is 16.7 Å². The van der Waals surface area contributed by atoms with E-state index in [0.29, 0.717) is 11.5 Å². The molecule has 0 spiro atoms. The van der Waals surface area contributed by atoms with Crippen molar-refractivity contribution in [3.8, 4) is 0 Å². The first-order valence-electron chi connectivity index (χ1n) is 10.3. The zero-order valence-electron chi connectivity index (χ0n) is 20.4. The van der Waals surface area contributed by atoms with Gasteiger partial charge < -0.3 is 0 Å². The minimum atomic E-state index is -1.19. The first kappa shape index (κ1) is 32.0. The van der Waals surface area contributed by atoms with Crippen LogP contribution in [0.5, 0.6) is 0 Å². The second kappa shape index (κ2) is 15.6. The van der Waals surface area contributed by atoms with E-state index in [-0.39, 0.29) is 33.4 Å². The van der Waals surface area contributed by atoms with E-state index in [1.165, 1.54) is 19.1 Å². The van der Waals surface area contributed by atoms with Crippen molar-refractivity contribution in [2.45, 2.75) is 40.5 Å². The quantitative estimate of drug-likeness (QED) is 0.154. The molecule has 1 atom stereocenters. The Morgan fingerprint density at radius 1 is 0.697 bits per heavy atom. The fourth-order valence-electron chi connectivity index (χ4n) is 2.11. The van der Waals surface area contributed by atoms with Gasteiger partial charge >= 0.3 is 0 Å². The lowest BCUT2D eigenvalue weighted by Gasteiger charge is -2.10. The van der Waals surface area contributed by atoms with Gasteiger partial charge in [0.2, 0.25) is 0 Å². The van der Waals surface area contributed by atoms with Crippen molar-refractivity contribution in [1.82, 2.24) is 0 Å². The van der Waals surface area contributed by atoms with Crippen molar-refractivity contribution < 1.29 is 17.6 Å². The van der Waals surface area contributed by atoms with Gasteiger partial charge in [-0.1, -0.05) is 78.0 Å². The number of allylic oxidation sites excluding steroid dienone is 14. The molecule has 0 aliphatic carbocycles. The normalized spacial score (nSPS) is 13.8. The predicted octanol–water partition coefficient (Wildman–Crippen LogP) is 10.4. The Hall–Kier alpha value is -3.14. The summed E-state index contributed by atoms with van der Waals surface area (Å²) < 4.78 is 56.8. The summed E-state index contributed by atoms with van der Waals surface area (Å²) in [6, 6.07) is 0. The highest BCUT2D eigenvalue weighted by molar-refractivity contribution is 5.55. The van der Waals surface area contributed by atoms with Crippen LogP contribution in [0.15, 0.2) is 133 Å². The zero-order valence-corrected chi connectivity index (χ0v) is 20.4. The Morgan fingerprint density at radius 3 is 1.42 bits per heavy atom. The molecule has 33 heavy (non-hydrogen) atoms. The van der Waals surface area contributed by atoms with Crippen LogP contribution in [-0.4, -0.2) is 0 Å². The highest BCUT2D eigenvalue weighted by atomic mass is 19.2. The summed E-state index contributed by atoms with van der Waals surface area (Å²) in [5, 5.41) is 0. The summed E-state index contributed by atoms with van der Waals surface area (Å²) in [7, 11) is 0. The smallest absolute Gasteiger partial charge is 0.166 e. The van der Waals surface area contributed by atoms with Gasteiger partial charge in [0.15, 0.2) is 23.3 Å². The van der Waals surface area contributed by atoms with Crippen LogP contribution in [-0.2, 0) is 0 Å². The maximum atomic E-state index is 14.6. The molecule has 0 aliphatic rings. The van der Waals surface area contributed by atoms with Crippen LogP contribution >= 0.6 is 0 Å². The third-order valence-electron chi connectivity index (χ3n) is 4.82. The van der Waals surface area contributed by atoms with Gasteiger partial charge in [-0.05, 0) is 48.5 Å². The minimum Gasteiger partial charge on any atom is -0.203 e. The summed E-state index contributed by atoms with van der Waals surface area (Å²) in [4.78, 5) is 0. The van der Waals surface area contributed by atoms with E-state index in [9.17, 15) is 17.6 Å². The van der Waals surface area contributed by atoms with Crippen LogP contribution in [0, 0.1) is 5.92 Å². The molecule has 0 saturated carbocycles. The largest absolute Gasteiger partial charge is 0.203 e. The Bertz CT molecular complexity index is 933. The van der Waals surface area contributed by atoms with E-state index in [4.69, 9.17) is 0 Å². The lowest BCUT2D eigenvalue weighted by Crippen LogP contribution is -1.95. The van der Waals surface area contributed by atoms with Crippen molar-refractivity contribution in [1.29, 1.82) is 0 Å². The molecule has 0 aromatic carbocycles. The van der Waals surface area contributed by atoms with E-state index in [0.717, 1.165) is 12.8 Å². The van der Waals surface area contributed by atoms with Crippen LogP contribution in [0.1, 0.15) is 40.5 Å². The SMILES string of the molecule is C=C.C=C(/C=C\C(=C)C(=C)/C(F)=C(/F)C(=C)/C(C)=C/CC(C)CC)C(=C)/C(F)=C(/F)C(=C)C. The van der Waals surface area contributed by atoms with Crippen molar-refractivity contribution >= 4 is 0 Å². The van der Waals surface area contributed by atoms with E-state index >= 15 is 0 Å². The average Bonchev–Trinajstić information content (AvgIpc) is 2.82. The third kappa shape index (κ3) is 10.3. The van der Waals surface area contributed by atoms with Crippen LogP contribution in [0.25, 0.3) is 0 Å². The zero-order chi connectivity index (χ0) is 26.5. The monoisotopic (exact) mass is 460 g/mol. The van der Waals surface area contributed by atoms with Crippen LogP contribution in [0.2, 0.25) is 0 Å². The van der Waals surface area contributed by atoms with Crippen molar-refractivity contribution in [2.75, 3.05) is 0 Å². The fraction of sp³-hybridized carbons (Fsp3) is 0.241. The Morgan fingerprint density at radius 2 is 1.06 bits per heavy atom. The van der Waals surface area contributed by atoms with Crippen molar-refractivity contribution in [3.05, 3.63) is 133 Å². The van der Waals surface area contributed by atoms with Gasteiger partial charge in [-0.3, -0.25) is 0 Å². The fourth-order valence-corrected chi connectivity index (χ4v) is 2.11. The van der Waals surface area contributed by atoms with Crippen LogP contribution < -0.4 is 0 Å². The highest BCUT2D eigenvalue weighted by Gasteiger charge is 2.16. The summed E-state index contributed by atoms with van der Waals surface area (Å²) in [5.74, 6) is -4.22. The molecule has 0 heterocycles. The van der Waals surface area contributed by atoms with E-state index < -0.39 is 23.3 Å². The van der Waals surface area contributed by atoms with Crippen LogP contribution in [0.3, 0.4) is 0 Å². The molecule has 4 heteroatoms. The van der Waals surface area contributed by atoms with Gasteiger partial charge in [0.25, 0.3) is 0 Å². The van der Waals surface area contributed by atoms with E-state index in [2.05, 4.69) is 66.5 Å². The summed E-state index contributed by atoms with van der Waals surface area (Å²) in [6.07, 6.45) is 6.06. The first-order chi connectivity index (χ1) is 15.3. The number of hydrogen-bond donors (Lipinski definition) is 0. The second-order valence-corrected chi connectivity index (χ2v) is 7.49. The Kier molecular flexibility index (Phi) is 15.2. The average molecular weight is 461 g/mol. The molecule has 0 rings (SSSR count). The Labute approximate surface area is 197 Å². The maximum Gasteiger partial charge on any atom is 0.166 e. The molecule has 0 aromatic heterocycles.